The van der Waals surface area contributed by atoms with E-state index >= 15 is 0 Å². The number of benzene rings is 2. The number of sulfonamides is 1. The Bertz CT molecular complexity index is 1180. The number of nitrogens with zero attached hydrogens (tertiary/aromatic N) is 2. The predicted octanol–water partition coefficient (Wildman–Crippen LogP) is 3.21. The molecule has 0 saturated carbocycles. The molecule has 29 heavy (non-hydrogen) atoms. The number of fused-ring (bicyclic) bond motifs is 3. The highest BCUT2D eigenvalue weighted by atomic mass is 32.2. The molecule has 1 aliphatic rings. The van der Waals surface area contributed by atoms with Crippen molar-refractivity contribution < 1.29 is 18.3 Å². The number of carboxylic acid groups (broad SMARTS) is 1. The average Bonchev–Trinajstić information content (AvgIpc) is 3.00. The maximum absolute atomic E-state index is 13.1. The average molecular weight is 413 g/mol. The van der Waals surface area contributed by atoms with Crippen LogP contribution in [0.3, 0.4) is 0 Å². The van der Waals surface area contributed by atoms with Crippen LogP contribution in [0.1, 0.15) is 23.2 Å². The van der Waals surface area contributed by atoms with Crippen molar-refractivity contribution in [1.29, 1.82) is 0 Å². The van der Waals surface area contributed by atoms with Crippen LogP contribution in [0.15, 0.2) is 53.4 Å². The Morgan fingerprint density at radius 1 is 1.17 bits per heavy atom. The van der Waals surface area contributed by atoms with Crippen molar-refractivity contribution in [3.05, 3.63) is 65.4 Å². The van der Waals surface area contributed by atoms with Crippen LogP contribution in [0.5, 0.6) is 0 Å². The quantitative estimate of drug-likeness (QED) is 0.698. The molecule has 1 N–H and O–H groups in total. The maximum Gasteiger partial charge on any atom is 0.323 e. The van der Waals surface area contributed by atoms with Crippen LogP contribution < -0.4 is 0 Å². The third-order valence-electron chi connectivity index (χ3n) is 5.85. The van der Waals surface area contributed by atoms with E-state index in [4.69, 9.17) is 0 Å². The number of rotatable bonds is 5. The zero-order valence-electron chi connectivity index (χ0n) is 16.5. The number of aliphatic carboxylic acids is 1. The van der Waals surface area contributed by atoms with Gasteiger partial charge in [-0.05, 0) is 49.9 Å². The smallest absolute Gasteiger partial charge is 0.323 e. The lowest BCUT2D eigenvalue weighted by molar-refractivity contribution is -0.137. The molecule has 0 saturated heterocycles. The van der Waals surface area contributed by atoms with Crippen molar-refractivity contribution in [2.75, 3.05) is 7.05 Å². The van der Waals surface area contributed by atoms with E-state index in [9.17, 15) is 18.3 Å². The lowest BCUT2D eigenvalue weighted by Gasteiger charge is -2.31. The van der Waals surface area contributed by atoms with Gasteiger partial charge in [-0.3, -0.25) is 4.79 Å². The van der Waals surface area contributed by atoms with Gasteiger partial charge in [0.15, 0.2) is 0 Å². The second-order valence-electron chi connectivity index (χ2n) is 7.65. The van der Waals surface area contributed by atoms with Gasteiger partial charge in [0, 0.05) is 29.7 Å². The predicted molar refractivity (Wildman–Crippen MR) is 112 cm³/mol. The molecule has 3 aromatic rings. The fraction of sp³-hybridized carbons (Fsp3) is 0.318. The molecule has 0 fully saturated rings. The first-order valence-corrected chi connectivity index (χ1v) is 11.1. The van der Waals surface area contributed by atoms with E-state index in [1.165, 1.54) is 4.31 Å². The Morgan fingerprint density at radius 3 is 2.55 bits per heavy atom. The number of carbonyl (C=O) groups is 1. The molecule has 0 aliphatic heterocycles. The SMILES string of the molecule is Cc1ccc(S(=O)(=O)N(C)C2CCc3c(c4ccccc4n3CC(=O)O)C2)cc1. The van der Waals surface area contributed by atoms with E-state index < -0.39 is 16.0 Å². The van der Waals surface area contributed by atoms with Gasteiger partial charge in [-0.2, -0.15) is 4.31 Å². The minimum atomic E-state index is -3.59. The minimum absolute atomic E-state index is 0.0853. The molecule has 152 valence electrons. The van der Waals surface area contributed by atoms with Gasteiger partial charge in [0.2, 0.25) is 10.0 Å². The van der Waals surface area contributed by atoms with Crippen LogP contribution in [0, 0.1) is 6.92 Å². The monoisotopic (exact) mass is 412 g/mol. The first-order chi connectivity index (χ1) is 13.8. The standard InChI is InChI=1S/C22H24N2O4S/c1-15-7-10-17(11-8-15)29(27,28)23(2)16-9-12-21-19(13-16)18-5-3-4-6-20(18)24(21)14-22(25)26/h3-8,10-11,16H,9,12-14H2,1-2H3,(H,25,26). The summed E-state index contributed by atoms with van der Waals surface area (Å²) in [6.07, 6.45) is 1.88. The Morgan fingerprint density at radius 2 is 1.86 bits per heavy atom. The van der Waals surface area contributed by atoms with Crippen LogP contribution >= 0.6 is 0 Å². The molecule has 1 aliphatic carbocycles. The van der Waals surface area contributed by atoms with Gasteiger partial charge in [0.05, 0.1) is 4.90 Å². The van der Waals surface area contributed by atoms with Crippen LogP contribution in [-0.4, -0.2) is 41.5 Å². The third-order valence-corrected chi connectivity index (χ3v) is 7.78. The summed E-state index contributed by atoms with van der Waals surface area (Å²) in [6.45, 7) is 1.84. The number of hydrogen-bond donors (Lipinski definition) is 1. The van der Waals surface area contributed by atoms with Crippen molar-refractivity contribution in [2.45, 2.75) is 43.7 Å². The van der Waals surface area contributed by atoms with Crippen molar-refractivity contribution >= 4 is 26.9 Å². The summed E-state index contributed by atoms with van der Waals surface area (Å²) in [6, 6.07) is 14.5. The molecule has 0 amide bonds. The molecule has 1 aromatic heterocycles. The summed E-state index contributed by atoms with van der Waals surface area (Å²) in [5, 5.41) is 10.3. The fourth-order valence-electron chi connectivity index (χ4n) is 4.28. The highest BCUT2D eigenvalue weighted by Crippen LogP contribution is 2.34. The molecular formula is C22H24N2O4S. The number of aryl methyl sites for hydroxylation is 1. The normalized spacial score (nSPS) is 16.9. The number of carboxylic acids is 1. The van der Waals surface area contributed by atoms with Crippen molar-refractivity contribution in [1.82, 2.24) is 8.87 Å². The highest BCUT2D eigenvalue weighted by Gasteiger charge is 2.33. The summed E-state index contributed by atoms with van der Waals surface area (Å²) >= 11 is 0. The van der Waals surface area contributed by atoms with Crippen LogP contribution in [0.25, 0.3) is 10.9 Å². The number of hydrogen-bond acceptors (Lipinski definition) is 3. The molecule has 4 rings (SSSR count). The Balaban J connectivity index is 1.70. The zero-order chi connectivity index (χ0) is 20.8. The summed E-state index contributed by atoms with van der Waals surface area (Å²) in [7, 11) is -1.95. The van der Waals surface area contributed by atoms with Crippen molar-refractivity contribution in [3.8, 4) is 0 Å². The van der Waals surface area contributed by atoms with E-state index in [2.05, 4.69) is 0 Å². The molecule has 0 spiro atoms. The Hall–Kier alpha value is -2.64. The summed E-state index contributed by atoms with van der Waals surface area (Å²) < 4.78 is 29.6. The van der Waals surface area contributed by atoms with Gasteiger partial charge in [0.25, 0.3) is 0 Å². The van der Waals surface area contributed by atoms with E-state index in [1.54, 1.807) is 31.3 Å². The van der Waals surface area contributed by atoms with E-state index in [1.807, 2.05) is 35.8 Å². The van der Waals surface area contributed by atoms with E-state index in [0.717, 1.165) is 27.7 Å². The Kier molecular flexibility index (Phi) is 4.96. The first-order valence-electron chi connectivity index (χ1n) is 9.64. The van der Waals surface area contributed by atoms with Gasteiger partial charge in [0.1, 0.15) is 6.54 Å². The lowest BCUT2D eigenvalue weighted by atomic mass is 9.91. The topological polar surface area (TPSA) is 79.6 Å². The summed E-state index contributed by atoms with van der Waals surface area (Å²) in [5.74, 6) is -0.880. The molecule has 1 unspecified atom stereocenters. The largest absolute Gasteiger partial charge is 0.480 e. The van der Waals surface area contributed by atoms with Gasteiger partial charge in [-0.15, -0.1) is 0 Å². The van der Waals surface area contributed by atoms with Crippen LogP contribution in [0.2, 0.25) is 0 Å². The Labute approximate surface area is 170 Å². The van der Waals surface area contributed by atoms with E-state index in [-0.39, 0.29) is 12.6 Å². The first kappa shape index (κ1) is 19.7. The van der Waals surface area contributed by atoms with Crippen molar-refractivity contribution in [2.24, 2.45) is 0 Å². The molecule has 7 heteroatoms. The van der Waals surface area contributed by atoms with Crippen molar-refractivity contribution in [3.63, 3.8) is 0 Å². The highest BCUT2D eigenvalue weighted by molar-refractivity contribution is 7.89. The minimum Gasteiger partial charge on any atom is -0.480 e. The molecule has 1 atom stereocenters. The number of aromatic nitrogens is 1. The molecule has 1 heterocycles. The maximum atomic E-state index is 13.1. The lowest BCUT2D eigenvalue weighted by Crippen LogP contribution is -2.40. The van der Waals surface area contributed by atoms with Gasteiger partial charge < -0.3 is 9.67 Å². The van der Waals surface area contributed by atoms with Gasteiger partial charge in [-0.25, -0.2) is 8.42 Å². The van der Waals surface area contributed by atoms with Gasteiger partial charge in [-0.1, -0.05) is 35.9 Å². The van der Waals surface area contributed by atoms with Crippen LogP contribution in [-0.2, 0) is 34.2 Å². The molecule has 2 aromatic carbocycles. The molecule has 0 bridgehead atoms. The second kappa shape index (κ2) is 7.31. The van der Waals surface area contributed by atoms with E-state index in [0.29, 0.717) is 24.2 Å². The third kappa shape index (κ3) is 3.45. The molecule has 0 radical (unpaired) electrons. The summed E-state index contributed by atoms with van der Waals surface area (Å²) in [4.78, 5) is 11.7. The molecular weight excluding hydrogens is 388 g/mol. The fourth-order valence-corrected chi connectivity index (χ4v) is 5.67. The summed E-state index contributed by atoms with van der Waals surface area (Å²) in [5.41, 5.74) is 3.97. The second-order valence-corrected chi connectivity index (χ2v) is 9.65. The number of likely N-dealkylation sites (N-methyl/N-ethyl adjacent to an activating group) is 1. The molecule has 6 nitrogen and oxygen atoms in total. The van der Waals surface area contributed by atoms with Crippen LogP contribution in [0.4, 0.5) is 0 Å². The number of para-hydroxylation sites is 1. The zero-order valence-corrected chi connectivity index (χ0v) is 17.3. The van der Waals surface area contributed by atoms with Gasteiger partial charge >= 0.3 is 5.97 Å².